The largest absolute Gasteiger partial charge is 0.381 e. The number of ether oxygens (including phenoxy) is 1. The van der Waals surface area contributed by atoms with Crippen molar-refractivity contribution in [2.75, 3.05) is 13.2 Å². The molecule has 0 spiro atoms. The molecule has 0 amide bonds. The van der Waals surface area contributed by atoms with Gasteiger partial charge in [0, 0.05) is 43.8 Å². The summed E-state index contributed by atoms with van der Waals surface area (Å²) in [7, 11) is 1.87. The van der Waals surface area contributed by atoms with Crippen molar-refractivity contribution in [1.82, 2.24) is 4.57 Å². The van der Waals surface area contributed by atoms with Crippen molar-refractivity contribution in [2.24, 2.45) is 7.05 Å². The molecule has 2 aromatic rings. The Bertz CT molecular complexity index is 793. The summed E-state index contributed by atoms with van der Waals surface area (Å²) >= 11 is 11.4. The van der Waals surface area contributed by atoms with Crippen LogP contribution in [0.25, 0.3) is 17.2 Å². The molecule has 0 saturated carbocycles. The van der Waals surface area contributed by atoms with Gasteiger partial charge in [0.2, 0.25) is 0 Å². The van der Waals surface area contributed by atoms with Crippen LogP contribution in [0.5, 0.6) is 0 Å². The Morgan fingerprint density at radius 3 is 2.76 bits per heavy atom. The number of hydrogen-bond donors (Lipinski definition) is 0. The van der Waals surface area contributed by atoms with Gasteiger partial charge in [-0.25, -0.2) is 0 Å². The van der Waals surface area contributed by atoms with Crippen molar-refractivity contribution in [1.29, 1.82) is 0 Å². The lowest BCUT2D eigenvalue weighted by molar-refractivity contribution is 0.132. The fourth-order valence-corrected chi connectivity index (χ4v) is 2.91. The molecule has 0 radical (unpaired) electrons. The van der Waals surface area contributed by atoms with Gasteiger partial charge in [-0.3, -0.25) is 4.79 Å². The van der Waals surface area contributed by atoms with Crippen LogP contribution in [0, 0.1) is 0 Å². The maximum atomic E-state index is 12.7. The van der Waals surface area contributed by atoms with Crippen molar-refractivity contribution < 1.29 is 4.74 Å². The maximum absolute atomic E-state index is 12.7. The van der Waals surface area contributed by atoms with Crippen molar-refractivity contribution in [3.63, 3.8) is 0 Å². The minimum Gasteiger partial charge on any atom is -0.381 e. The second-order valence-corrected chi connectivity index (χ2v) is 6.98. The molecule has 0 fully saturated rings. The van der Waals surface area contributed by atoms with Gasteiger partial charge in [-0.05, 0) is 36.5 Å². The highest BCUT2D eigenvalue weighted by atomic mass is 35.5. The minimum atomic E-state index is -0.0830. The Balaban J connectivity index is 2.24. The highest BCUT2D eigenvalue weighted by molar-refractivity contribution is 6.57. The van der Waals surface area contributed by atoms with E-state index in [4.69, 9.17) is 27.9 Å². The standard InChI is InChI=1S/C20H23Cl2NO2/c1-3-9-25-10-5-7-15-6-4-8-16(11-15)18-14-23(2)13-17(20(18)24)12-19(21)22/h4,6,8,11-14H,3,5,7,9-10H2,1-2H3. The van der Waals surface area contributed by atoms with E-state index >= 15 is 0 Å². The van der Waals surface area contributed by atoms with Gasteiger partial charge in [-0.15, -0.1) is 0 Å². The van der Waals surface area contributed by atoms with E-state index in [1.807, 2.05) is 29.9 Å². The highest BCUT2D eigenvalue weighted by Gasteiger charge is 2.09. The van der Waals surface area contributed by atoms with E-state index in [-0.39, 0.29) is 9.92 Å². The summed E-state index contributed by atoms with van der Waals surface area (Å²) in [4.78, 5) is 12.7. The fraction of sp³-hybridized carbons (Fsp3) is 0.350. The molecule has 0 aliphatic carbocycles. The molecule has 1 aromatic heterocycles. The molecule has 2 rings (SSSR count). The van der Waals surface area contributed by atoms with Crippen LogP contribution in [0.2, 0.25) is 0 Å². The number of halogens is 2. The molecular weight excluding hydrogens is 357 g/mol. The van der Waals surface area contributed by atoms with Crippen LogP contribution in [0.1, 0.15) is 30.9 Å². The molecule has 0 atom stereocenters. The number of pyridine rings is 1. The van der Waals surface area contributed by atoms with Crippen LogP contribution in [0.3, 0.4) is 0 Å². The number of hydrogen-bond acceptors (Lipinski definition) is 2. The van der Waals surface area contributed by atoms with E-state index in [9.17, 15) is 4.79 Å². The molecule has 134 valence electrons. The summed E-state index contributed by atoms with van der Waals surface area (Å²) in [6, 6.07) is 8.07. The van der Waals surface area contributed by atoms with Crippen molar-refractivity contribution >= 4 is 29.3 Å². The predicted octanol–water partition coefficient (Wildman–Crippen LogP) is 5.19. The van der Waals surface area contributed by atoms with Crippen LogP contribution in [0.4, 0.5) is 0 Å². The molecule has 1 heterocycles. The average Bonchev–Trinajstić information content (AvgIpc) is 2.57. The normalized spacial score (nSPS) is 10.7. The Morgan fingerprint density at radius 1 is 1.24 bits per heavy atom. The topological polar surface area (TPSA) is 31.2 Å². The molecule has 25 heavy (non-hydrogen) atoms. The van der Waals surface area contributed by atoms with Crippen molar-refractivity contribution in [2.45, 2.75) is 26.2 Å². The van der Waals surface area contributed by atoms with Crippen LogP contribution >= 0.6 is 23.2 Å². The Kier molecular flexibility index (Phi) is 7.76. The molecule has 3 nitrogen and oxygen atoms in total. The summed E-state index contributed by atoms with van der Waals surface area (Å²) in [5.74, 6) is 0. The zero-order valence-corrected chi connectivity index (χ0v) is 16.1. The van der Waals surface area contributed by atoms with Gasteiger partial charge in [-0.2, -0.15) is 0 Å². The summed E-state index contributed by atoms with van der Waals surface area (Å²) in [5.41, 5.74) is 3.11. The average molecular weight is 380 g/mol. The quantitative estimate of drug-likeness (QED) is 0.591. The second kappa shape index (κ2) is 9.81. The molecule has 0 N–H and O–H groups in total. The predicted molar refractivity (Wildman–Crippen MR) is 106 cm³/mol. The lowest BCUT2D eigenvalue weighted by Gasteiger charge is -2.09. The van der Waals surface area contributed by atoms with E-state index in [2.05, 4.69) is 19.1 Å². The number of benzene rings is 1. The summed E-state index contributed by atoms with van der Waals surface area (Å²) < 4.78 is 7.42. The van der Waals surface area contributed by atoms with Crippen LogP contribution in [-0.4, -0.2) is 17.8 Å². The van der Waals surface area contributed by atoms with Gasteiger partial charge in [0.25, 0.3) is 0 Å². The number of aromatic nitrogens is 1. The van der Waals surface area contributed by atoms with Gasteiger partial charge >= 0.3 is 0 Å². The van der Waals surface area contributed by atoms with Gasteiger partial charge < -0.3 is 9.30 Å². The van der Waals surface area contributed by atoms with E-state index in [1.165, 1.54) is 11.6 Å². The van der Waals surface area contributed by atoms with Crippen molar-refractivity contribution in [3.8, 4) is 11.1 Å². The summed E-state index contributed by atoms with van der Waals surface area (Å²) in [6.07, 6.45) is 7.94. The van der Waals surface area contributed by atoms with Gasteiger partial charge in [0.05, 0.1) is 0 Å². The van der Waals surface area contributed by atoms with Crippen LogP contribution in [0.15, 0.2) is 45.9 Å². The molecule has 0 unspecified atom stereocenters. The van der Waals surface area contributed by atoms with E-state index < -0.39 is 0 Å². The first kappa shape index (κ1) is 19.8. The van der Waals surface area contributed by atoms with E-state index in [0.29, 0.717) is 11.1 Å². The zero-order valence-electron chi connectivity index (χ0n) is 14.6. The number of aryl methyl sites for hydroxylation is 2. The Labute approximate surface area is 158 Å². The highest BCUT2D eigenvalue weighted by Crippen LogP contribution is 2.20. The van der Waals surface area contributed by atoms with E-state index in [1.54, 1.807) is 6.20 Å². The molecule has 0 aliphatic rings. The third-order valence-electron chi connectivity index (χ3n) is 3.79. The van der Waals surface area contributed by atoms with Gasteiger partial charge in [0.1, 0.15) is 4.49 Å². The van der Waals surface area contributed by atoms with Gasteiger partial charge in [0.15, 0.2) is 5.43 Å². The zero-order chi connectivity index (χ0) is 18.2. The first-order chi connectivity index (χ1) is 12.0. The van der Waals surface area contributed by atoms with E-state index in [0.717, 1.165) is 38.0 Å². The monoisotopic (exact) mass is 379 g/mol. The second-order valence-electron chi connectivity index (χ2n) is 5.97. The molecule has 1 aromatic carbocycles. The molecule has 5 heteroatoms. The van der Waals surface area contributed by atoms with Crippen LogP contribution in [-0.2, 0) is 18.2 Å². The van der Waals surface area contributed by atoms with Gasteiger partial charge in [-0.1, -0.05) is 54.4 Å². The lowest BCUT2D eigenvalue weighted by atomic mass is 10.0. The molecule has 0 aliphatic heterocycles. The summed E-state index contributed by atoms with van der Waals surface area (Å²) in [6.45, 7) is 3.67. The third kappa shape index (κ3) is 6.03. The lowest BCUT2D eigenvalue weighted by Crippen LogP contribution is -2.12. The van der Waals surface area contributed by atoms with Crippen molar-refractivity contribution in [3.05, 3.63) is 62.5 Å². The summed E-state index contributed by atoms with van der Waals surface area (Å²) in [5, 5.41) is 0. The molecular formula is C20H23Cl2NO2. The number of rotatable bonds is 8. The Morgan fingerprint density at radius 2 is 2.04 bits per heavy atom. The third-order valence-corrected chi connectivity index (χ3v) is 4.01. The fourth-order valence-electron chi connectivity index (χ4n) is 2.68. The Hall–Kier alpha value is -1.55. The first-order valence-electron chi connectivity index (χ1n) is 8.41. The molecule has 0 saturated heterocycles. The molecule has 0 bridgehead atoms. The SMILES string of the molecule is CCCOCCCc1cccc(-c2cn(C)cc(C=C(Cl)Cl)c2=O)c1. The number of nitrogens with zero attached hydrogens (tertiary/aromatic N) is 1. The minimum absolute atomic E-state index is 0.0649. The first-order valence-corrected chi connectivity index (χ1v) is 9.17. The maximum Gasteiger partial charge on any atom is 0.196 e. The van der Waals surface area contributed by atoms with Crippen LogP contribution < -0.4 is 5.43 Å². The smallest absolute Gasteiger partial charge is 0.196 e.